The van der Waals surface area contributed by atoms with Crippen LogP contribution in [-0.4, -0.2) is 11.8 Å². The molecule has 0 aliphatic carbocycles. The van der Waals surface area contributed by atoms with E-state index in [0.717, 1.165) is 32.1 Å². The largest absolute Gasteiger partial charge is 0.373 e. The standard InChI is InChI=1S/C15H20FNO3/c16-13-10-8-12(9-11-13)14(18)6-4-2-1-3-5-7-15(19)20-17/h8-11H,1-7,17H2. The summed E-state index contributed by atoms with van der Waals surface area (Å²) in [6.07, 6.45) is 5.18. The van der Waals surface area contributed by atoms with Crippen molar-refractivity contribution in [1.29, 1.82) is 0 Å². The average molecular weight is 281 g/mol. The molecule has 0 radical (unpaired) electrons. The van der Waals surface area contributed by atoms with Gasteiger partial charge in [0.25, 0.3) is 0 Å². The van der Waals surface area contributed by atoms with Gasteiger partial charge < -0.3 is 4.84 Å². The van der Waals surface area contributed by atoms with E-state index in [4.69, 9.17) is 5.90 Å². The minimum atomic E-state index is -0.392. The Morgan fingerprint density at radius 3 is 2.10 bits per heavy atom. The maximum Gasteiger partial charge on any atom is 0.324 e. The first-order chi connectivity index (χ1) is 9.63. The van der Waals surface area contributed by atoms with Gasteiger partial charge in [0.15, 0.2) is 5.78 Å². The van der Waals surface area contributed by atoms with Gasteiger partial charge in [0.2, 0.25) is 0 Å². The number of hydrogen-bond acceptors (Lipinski definition) is 4. The number of unbranched alkanes of at least 4 members (excludes halogenated alkanes) is 4. The lowest BCUT2D eigenvalue weighted by Crippen LogP contribution is -2.08. The SMILES string of the molecule is NOC(=O)CCCCCCCC(=O)c1ccc(F)cc1. The fourth-order valence-electron chi connectivity index (χ4n) is 1.92. The van der Waals surface area contributed by atoms with Gasteiger partial charge in [-0.1, -0.05) is 19.3 Å². The van der Waals surface area contributed by atoms with E-state index in [1.165, 1.54) is 24.3 Å². The van der Waals surface area contributed by atoms with E-state index in [2.05, 4.69) is 4.84 Å². The van der Waals surface area contributed by atoms with Crippen LogP contribution in [0.25, 0.3) is 0 Å². The average Bonchev–Trinajstić information content (AvgIpc) is 2.46. The van der Waals surface area contributed by atoms with E-state index in [1.54, 1.807) is 0 Å². The molecule has 0 amide bonds. The zero-order chi connectivity index (χ0) is 14.8. The summed E-state index contributed by atoms with van der Waals surface area (Å²) < 4.78 is 12.7. The van der Waals surface area contributed by atoms with Gasteiger partial charge in [-0.25, -0.2) is 4.39 Å². The van der Waals surface area contributed by atoms with Gasteiger partial charge in [-0.05, 0) is 37.1 Å². The van der Waals surface area contributed by atoms with Gasteiger partial charge >= 0.3 is 5.97 Å². The summed E-state index contributed by atoms with van der Waals surface area (Å²) in [6.45, 7) is 0. The van der Waals surface area contributed by atoms with Gasteiger partial charge in [-0.3, -0.25) is 9.59 Å². The van der Waals surface area contributed by atoms with Crippen molar-refractivity contribution in [2.24, 2.45) is 5.90 Å². The number of carbonyl (C=O) groups excluding carboxylic acids is 2. The van der Waals surface area contributed by atoms with Crippen LogP contribution in [0.5, 0.6) is 0 Å². The highest BCUT2D eigenvalue weighted by atomic mass is 19.1. The highest BCUT2D eigenvalue weighted by molar-refractivity contribution is 5.95. The molecule has 0 atom stereocenters. The van der Waals surface area contributed by atoms with E-state index in [1.807, 2.05) is 0 Å². The molecule has 2 N–H and O–H groups in total. The molecule has 0 bridgehead atoms. The molecule has 4 nitrogen and oxygen atoms in total. The third kappa shape index (κ3) is 6.43. The topological polar surface area (TPSA) is 69.4 Å². The van der Waals surface area contributed by atoms with Crippen molar-refractivity contribution in [3.05, 3.63) is 35.6 Å². The molecule has 0 aliphatic rings. The molecule has 5 heteroatoms. The molecule has 1 rings (SSSR count). The van der Waals surface area contributed by atoms with Crippen LogP contribution in [0.3, 0.4) is 0 Å². The maximum absolute atomic E-state index is 12.7. The number of Topliss-reactive ketones (excluding diaryl/α,β-unsaturated/α-hetero) is 1. The minimum absolute atomic E-state index is 0.0386. The first-order valence-electron chi connectivity index (χ1n) is 6.82. The van der Waals surface area contributed by atoms with Gasteiger partial charge in [0, 0.05) is 18.4 Å². The van der Waals surface area contributed by atoms with Crippen LogP contribution in [0.15, 0.2) is 24.3 Å². The predicted octanol–water partition coefficient (Wildman–Crippen LogP) is 3.16. The lowest BCUT2D eigenvalue weighted by Gasteiger charge is -2.02. The summed E-state index contributed by atoms with van der Waals surface area (Å²) in [5.74, 6) is 4.03. The predicted molar refractivity (Wildman–Crippen MR) is 73.3 cm³/mol. The van der Waals surface area contributed by atoms with Crippen LogP contribution in [0, 0.1) is 5.82 Å². The molecule has 0 heterocycles. The Hall–Kier alpha value is -1.75. The molecule has 0 fully saturated rings. The van der Waals surface area contributed by atoms with Crippen molar-refractivity contribution >= 4 is 11.8 Å². The highest BCUT2D eigenvalue weighted by Crippen LogP contribution is 2.11. The molecule has 1 aromatic carbocycles. The van der Waals surface area contributed by atoms with Gasteiger partial charge in [0.05, 0.1) is 0 Å². The molecule has 0 saturated carbocycles. The van der Waals surface area contributed by atoms with E-state index in [-0.39, 0.29) is 11.6 Å². The molecule has 110 valence electrons. The lowest BCUT2D eigenvalue weighted by molar-refractivity contribution is -0.144. The minimum Gasteiger partial charge on any atom is -0.373 e. The van der Waals surface area contributed by atoms with Crippen molar-refractivity contribution in [1.82, 2.24) is 0 Å². The van der Waals surface area contributed by atoms with Crippen LogP contribution >= 0.6 is 0 Å². The second-order valence-electron chi connectivity index (χ2n) is 4.69. The molecular weight excluding hydrogens is 261 g/mol. The van der Waals surface area contributed by atoms with Crippen molar-refractivity contribution in [3.8, 4) is 0 Å². The maximum atomic E-state index is 12.7. The summed E-state index contributed by atoms with van der Waals surface area (Å²) in [5.41, 5.74) is 0.553. The number of rotatable bonds is 9. The number of carbonyl (C=O) groups is 2. The quantitative estimate of drug-likeness (QED) is 0.429. The van der Waals surface area contributed by atoms with Gasteiger partial charge in [-0.2, -0.15) is 5.90 Å². The number of halogens is 1. The number of ketones is 1. The first-order valence-corrected chi connectivity index (χ1v) is 6.82. The fraction of sp³-hybridized carbons (Fsp3) is 0.467. The Kier molecular flexibility index (Phi) is 7.50. The van der Waals surface area contributed by atoms with E-state index in [9.17, 15) is 14.0 Å². The normalized spacial score (nSPS) is 10.3. The Morgan fingerprint density at radius 2 is 1.50 bits per heavy atom. The Balaban J connectivity index is 2.08. The second-order valence-corrected chi connectivity index (χ2v) is 4.69. The Labute approximate surface area is 118 Å². The Morgan fingerprint density at radius 1 is 0.950 bits per heavy atom. The second kappa shape index (κ2) is 9.20. The summed E-state index contributed by atoms with van der Waals surface area (Å²) >= 11 is 0. The van der Waals surface area contributed by atoms with Crippen molar-refractivity contribution in [2.75, 3.05) is 0 Å². The van der Waals surface area contributed by atoms with Crippen molar-refractivity contribution in [2.45, 2.75) is 44.9 Å². The van der Waals surface area contributed by atoms with Gasteiger partial charge in [-0.15, -0.1) is 0 Å². The van der Waals surface area contributed by atoms with Crippen LogP contribution in [0.1, 0.15) is 55.3 Å². The molecule has 0 saturated heterocycles. The fourth-order valence-corrected chi connectivity index (χ4v) is 1.92. The molecule has 0 aliphatic heterocycles. The number of hydrogen-bond donors (Lipinski definition) is 1. The summed E-state index contributed by atoms with van der Waals surface area (Å²) in [5, 5.41) is 0. The third-order valence-corrected chi connectivity index (χ3v) is 3.08. The van der Waals surface area contributed by atoms with Crippen LogP contribution in [0.2, 0.25) is 0 Å². The Bertz CT molecular complexity index is 431. The molecule has 0 spiro atoms. The summed E-state index contributed by atoms with van der Waals surface area (Å²) in [7, 11) is 0. The lowest BCUT2D eigenvalue weighted by atomic mass is 10.0. The summed E-state index contributed by atoms with van der Waals surface area (Å²) in [4.78, 5) is 26.6. The molecular formula is C15H20FNO3. The smallest absolute Gasteiger partial charge is 0.324 e. The van der Waals surface area contributed by atoms with Gasteiger partial charge in [0.1, 0.15) is 5.82 Å². The number of benzene rings is 1. The number of nitrogens with two attached hydrogens (primary N) is 1. The first kappa shape index (κ1) is 16.3. The zero-order valence-electron chi connectivity index (χ0n) is 11.4. The third-order valence-electron chi connectivity index (χ3n) is 3.08. The molecule has 0 aromatic heterocycles. The van der Waals surface area contributed by atoms with Crippen LogP contribution in [0.4, 0.5) is 4.39 Å². The van der Waals surface area contributed by atoms with Crippen LogP contribution < -0.4 is 5.90 Å². The zero-order valence-corrected chi connectivity index (χ0v) is 11.4. The molecule has 1 aromatic rings. The van der Waals surface area contributed by atoms with Crippen molar-refractivity contribution in [3.63, 3.8) is 0 Å². The van der Waals surface area contributed by atoms with Crippen LogP contribution in [-0.2, 0) is 9.63 Å². The van der Waals surface area contributed by atoms with Crippen molar-refractivity contribution < 1.29 is 18.8 Å². The monoisotopic (exact) mass is 281 g/mol. The van der Waals surface area contributed by atoms with E-state index in [0.29, 0.717) is 18.4 Å². The highest BCUT2D eigenvalue weighted by Gasteiger charge is 2.05. The molecule has 0 unspecified atom stereocenters. The van der Waals surface area contributed by atoms with E-state index < -0.39 is 5.97 Å². The molecule has 20 heavy (non-hydrogen) atoms. The van der Waals surface area contributed by atoms with E-state index >= 15 is 0 Å². The summed E-state index contributed by atoms with van der Waals surface area (Å²) in [6, 6.07) is 5.61.